The minimum absolute atomic E-state index is 0.0944. The summed E-state index contributed by atoms with van der Waals surface area (Å²) in [5, 5.41) is 19.7. The summed E-state index contributed by atoms with van der Waals surface area (Å²) in [6, 6.07) is 6.04. The number of ether oxygens (including phenoxy) is 2. The van der Waals surface area contributed by atoms with Crippen molar-refractivity contribution in [2.75, 3.05) is 13.1 Å². The van der Waals surface area contributed by atoms with Crippen molar-refractivity contribution < 1.29 is 29.3 Å². The van der Waals surface area contributed by atoms with Gasteiger partial charge >= 0.3 is 12.1 Å². The van der Waals surface area contributed by atoms with E-state index in [1.807, 2.05) is 0 Å². The largest absolute Gasteiger partial charge is 0.486 e. The molecule has 1 fully saturated rings. The van der Waals surface area contributed by atoms with Gasteiger partial charge in [0.1, 0.15) is 23.1 Å². The fraction of sp³-hybridized carbons (Fsp3) is 0.556. The topological polar surface area (TPSA) is 96.3 Å². The summed E-state index contributed by atoms with van der Waals surface area (Å²) in [7, 11) is 0. The number of carboxylic acids is 1. The van der Waals surface area contributed by atoms with Gasteiger partial charge in [0.25, 0.3) is 0 Å². The standard InChI is InChI=1S/C18H25NO6/c1-17(2,3)25-16(22)19-9-8-18(4,23)14(11-19)24-13-7-5-6-12(10-13)15(20)21/h5-7,10,14,23H,8-9,11H2,1-4H3,(H,20,21)/t14-,18-/m1/s1. The first kappa shape index (κ1) is 19.1. The van der Waals surface area contributed by atoms with Crippen molar-refractivity contribution in [2.45, 2.75) is 51.4 Å². The van der Waals surface area contributed by atoms with Gasteiger partial charge in [0.05, 0.1) is 12.1 Å². The number of carbonyl (C=O) groups is 2. The lowest BCUT2D eigenvalue weighted by Gasteiger charge is -2.42. The lowest BCUT2D eigenvalue weighted by atomic mass is 9.90. The van der Waals surface area contributed by atoms with Crippen LogP contribution in [0.25, 0.3) is 0 Å². The lowest BCUT2D eigenvalue weighted by Crippen LogP contribution is -2.58. The van der Waals surface area contributed by atoms with E-state index in [2.05, 4.69) is 0 Å². The Morgan fingerprint density at radius 1 is 1.32 bits per heavy atom. The van der Waals surface area contributed by atoms with Crippen LogP contribution in [0, 0.1) is 0 Å². The molecule has 138 valence electrons. The van der Waals surface area contributed by atoms with Crippen molar-refractivity contribution in [2.24, 2.45) is 0 Å². The second kappa shape index (κ2) is 6.92. The van der Waals surface area contributed by atoms with Crippen molar-refractivity contribution >= 4 is 12.1 Å². The Balaban J connectivity index is 2.12. The zero-order valence-corrected chi connectivity index (χ0v) is 15.0. The molecule has 7 nitrogen and oxygen atoms in total. The highest BCUT2D eigenvalue weighted by molar-refractivity contribution is 5.88. The molecule has 1 aliphatic heterocycles. The normalized spacial score (nSPS) is 23.9. The van der Waals surface area contributed by atoms with Gasteiger partial charge in [0.15, 0.2) is 0 Å². The maximum absolute atomic E-state index is 12.3. The van der Waals surface area contributed by atoms with Crippen LogP contribution in [-0.2, 0) is 4.74 Å². The average molecular weight is 351 g/mol. The summed E-state index contributed by atoms with van der Waals surface area (Å²) >= 11 is 0. The molecule has 0 spiro atoms. The van der Waals surface area contributed by atoms with Crippen LogP contribution in [0.5, 0.6) is 5.75 Å². The Hall–Kier alpha value is -2.28. The molecule has 1 saturated heterocycles. The maximum Gasteiger partial charge on any atom is 0.410 e. The van der Waals surface area contributed by atoms with E-state index in [-0.39, 0.29) is 12.1 Å². The number of hydrogen-bond donors (Lipinski definition) is 2. The number of carbonyl (C=O) groups excluding carboxylic acids is 1. The second-order valence-electron chi connectivity index (χ2n) is 7.47. The van der Waals surface area contributed by atoms with E-state index in [4.69, 9.17) is 14.6 Å². The van der Waals surface area contributed by atoms with E-state index in [0.29, 0.717) is 18.7 Å². The van der Waals surface area contributed by atoms with Crippen molar-refractivity contribution in [1.29, 1.82) is 0 Å². The summed E-state index contributed by atoms with van der Waals surface area (Å²) in [6.45, 7) is 7.52. The van der Waals surface area contributed by atoms with Gasteiger partial charge in [-0.2, -0.15) is 0 Å². The molecule has 7 heteroatoms. The summed E-state index contributed by atoms with van der Waals surface area (Å²) in [5.41, 5.74) is -1.65. The highest BCUT2D eigenvalue weighted by Crippen LogP contribution is 2.28. The Morgan fingerprint density at radius 2 is 2.00 bits per heavy atom. The van der Waals surface area contributed by atoms with E-state index in [1.165, 1.54) is 17.0 Å². The van der Waals surface area contributed by atoms with Gasteiger partial charge in [-0.25, -0.2) is 9.59 Å². The molecule has 0 radical (unpaired) electrons. The van der Waals surface area contributed by atoms with E-state index in [0.717, 1.165) is 0 Å². The molecule has 25 heavy (non-hydrogen) atoms. The zero-order valence-electron chi connectivity index (χ0n) is 15.0. The molecule has 1 aromatic carbocycles. The van der Waals surface area contributed by atoms with Crippen molar-refractivity contribution in [3.8, 4) is 5.75 Å². The van der Waals surface area contributed by atoms with Crippen molar-refractivity contribution in [3.63, 3.8) is 0 Å². The number of hydrogen-bond acceptors (Lipinski definition) is 5. The molecule has 1 aromatic rings. The number of aromatic carboxylic acids is 1. The number of rotatable bonds is 3. The van der Waals surface area contributed by atoms with E-state index < -0.39 is 29.4 Å². The second-order valence-corrected chi connectivity index (χ2v) is 7.47. The minimum Gasteiger partial charge on any atom is -0.486 e. The molecule has 2 N–H and O–H groups in total. The first-order valence-corrected chi connectivity index (χ1v) is 8.18. The van der Waals surface area contributed by atoms with Gasteiger partial charge in [0.2, 0.25) is 0 Å². The molecule has 1 aliphatic rings. The van der Waals surface area contributed by atoms with Gasteiger partial charge in [-0.1, -0.05) is 6.07 Å². The molecule has 0 aliphatic carbocycles. The molecule has 0 aromatic heterocycles. The van der Waals surface area contributed by atoms with Crippen LogP contribution in [-0.4, -0.2) is 57.6 Å². The summed E-state index contributed by atoms with van der Waals surface area (Å²) in [5.74, 6) is -0.729. The SMILES string of the molecule is CC(C)(C)OC(=O)N1CC[C@@](C)(O)[C@H](Oc2cccc(C(=O)O)c2)C1. The summed E-state index contributed by atoms with van der Waals surface area (Å²) in [4.78, 5) is 24.8. The van der Waals surface area contributed by atoms with Gasteiger partial charge in [0, 0.05) is 6.54 Å². The lowest BCUT2D eigenvalue weighted by molar-refractivity contribution is -0.0949. The molecule has 1 heterocycles. The molecule has 2 atom stereocenters. The van der Waals surface area contributed by atoms with E-state index >= 15 is 0 Å². The molecular formula is C18H25NO6. The first-order valence-electron chi connectivity index (χ1n) is 8.18. The fourth-order valence-corrected chi connectivity index (χ4v) is 2.53. The number of likely N-dealkylation sites (tertiary alicyclic amines) is 1. The fourth-order valence-electron chi connectivity index (χ4n) is 2.53. The van der Waals surface area contributed by atoms with E-state index in [1.54, 1.807) is 39.8 Å². The predicted molar refractivity (Wildman–Crippen MR) is 90.9 cm³/mol. The smallest absolute Gasteiger partial charge is 0.410 e. The van der Waals surface area contributed by atoms with Crippen LogP contribution in [0.2, 0.25) is 0 Å². The Morgan fingerprint density at radius 3 is 2.60 bits per heavy atom. The van der Waals surface area contributed by atoms with Gasteiger partial charge in [-0.15, -0.1) is 0 Å². The minimum atomic E-state index is -1.14. The van der Waals surface area contributed by atoms with Gasteiger partial charge in [-0.05, 0) is 52.3 Å². The van der Waals surface area contributed by atoms with Crippen LogP contribution in [0.3, 0.4) is 0 Å². The Kier molecular flexibility index (Phi) is 5.27. The molecule has 2 rings (SSSR count). The van der Waals surface area contributed by atoms with Gasteiger partial charge < -0.3 is 24.6 Å². The molecule has 0 saturated carbocycles. The van der Waals surface area contributed by atoms with E-state index in [9.17, 15) is 14.7 Å². The third kappa shape index (κ3) is 5.09. The highest BCUT2D eigenvalue weighted by atomic mass is 16.6. The maximum atomic E-state index is 12.3. The Bertz CT molecular complexity index is 649. The van der Waals surface area contributed by atoms with Crippen LogP contribution >= 0.6 is 0 Å². The summed E-state index contributed by atoms with van der Waals surface area (Å²) in [6.07, 6.45) is -0.830. The average Bonchev–Trinajstić information content (AvgIpc) is 2.47. The van der Waals surface area contributed by atoms with Gasteiger partial charge in [-0.3, -0.25) is 0 Å². The quantitative estimate of drug-likeness (QED) is 0.869. The third-order valence-electron chi connectivity index (χ3n) is 3.98. The zero-order chi connectivity index (χ0) is 18.8. The molecule has 1 amide bonds. The number of carboxylic acid groups (broad SMARTS) is 1. The third-order valence-corrected chi connectivity index (χ3v) is 3.98. The first-order chi connectivity index (χ1) is 11.5. The van der Waals surface area contributed by atoms with Crippen molar-refractivity contribution in [3.05, 3.63) is 29.8 Å². The molecule has 0 bridgehead atoms. The Labute approximate surface area is 147 Å². The number of piperidine rings is 1. The number of aliphatic hydroxyl groups is 1. The number of nitrogens with zero attached hydrogens (tertiary/aromatic N) is 1. The van der Waals surface area contributed by atoms with Crippen molar-refractivity contribution in [1.82, 2.24) is 4.90 Å². The summed E-state index contributed by atoms with van der Waals surface area (Å²) < 4.78 is 11.2. The van der Waals surface area contributed by atoms with Crippen LogP contribution in [0.1, 0.15) is 44.5 Å². The number of amides is 1. The monoisotopic (exact) mass is 351 g/mol. The highest BCUT2D eigenvalue weighted by Gasteiger charge is 2.42. The molecular weight excluding hydrogens is 326 g/mol. The number of benzene rings is 1. The van der Waals surface area contributed by atoms with Crippen LogP contribution in [0.15, 0.2) is 24.3 Å². The molecule has 0 unspecified atom stereocenters. The van der Waals surface area contributed by atoms with Crippen LogP contribution < -0.4 is 4.74 Å². The predicted octanol–water partition coefficient (Wildman–Crippen LogP) is 2.52. The van der Waals surface area contributed by atoms with Crippen LogP contribution in [0.4, 0.5) is 4.79 Å².